The number of carbonyl (C=O) groups is 3. The van der Waals surface area contributed by atoms with Gasteiger partial charge in [-0.1, -0.05) is 29.8 Å². The van der Waals surface area contributed by atoms with Crippen molar-refractivity contribution in [1.29, 1.82) is 0 Å². The van der Waals surface area contributed by atoms with Crippen LogP contribution in [0, 0.1) is 13.8 Å². The summed E-state index contributed by atoms with van der Waals surface area (Å²) in [6.45, 7) is 4.14. The Balaban J connectivity index is 1.50. The fraction of sp³-hybridized carbons (Fsp3) is 0.208. The van der Waals surface area contributed by atoms with E-state index in [9.17, 15) is 14.4 Å². The van der Waals surface area contributed by atoms with Crippen LogP contribution in [0.4, 0.5) is 5.69 Å². The van der Waals surface area contributed by atoms with Crippen LogP contribution in [-0.2, 0) is 16.1 Å². The summed E-state index contributed by atoms with van der Waals surface area (Å²) in [6.07, 6.45) is 0. The van der Waals surface area contributed by atoms with E-state index in [1.54, 1.807) is 43.4 Å². The lowest BCUT2D eigenvalue weighted by atomic mass is 10.1. The molecule has 0 radical (unpaired) electrons. The largest absolute Gasteiger partial charge is 0.452 e. The molecule has 1 N–H and O–H groups in total. The number of benzene rings is 2. The zero-order valence-corrected chi connectivity index (χ0v) is 18.5. The molecule has 2 aromatic carbocycles. The van der Waals surface area contributed by atoms with Crippen molar-refractivity contribution in [3.8, 4) is 0 Å². The Hall–Kier alpha value is -3.45. The molecule has 0 spiro atoms. The third-order valence-corrected chi connectivity index (χ3v) is 5.65. The third kappa shape index (κ3) is 6.02. The fourth-order valence-electron chi connectivity index (χ4n) is 2.98. The molecule has 0 saturated heterocycles. The Kier molecular flexibility index (Phi) is 7.20. The highest BCUT2D eigenvalue weighted by Crippen LogP contribution is 2.15. The molecule has 0 aliphatic rings. The van der Waals surface area contributed by atoms with Crippen LogP contribution >= 0.6 is 11.3 Å². The van der Waals surface area contributed by atoms with Crippen molar-refractivity contribution in [1.82, 2.24) is 4.90 Å². The molecule has 0 unspecified atom stereocenters. The highest BCUT2D eigenvalue weighted by atomic mass is 32.1. The summed E-state index contributed by atoms with van der Waals surface area (Å²) in [7, 11) is 1.68. The van der Waals surface area contributed by atoms with Crippen molar-refractivity contribution in [2.45, 2.75) is 20.4 Å². The Labute approximate surface area is 185 Å². The first kappa shape index (κ1) is 22.2. The van der Waals surface area contributed by atoms with Gasteiger partial charge in [-0.15, -0.1) is 11.3 Å². The summed E-state index contributed by atoms with van der Waals surface area (Å²) in [4.78, 5) is 38.8. The first-order valence-electron chi connectivity index (χ1n) is 9.75. The Bertz CT molecular complexity index is 1080. The molecule has 6 nitrogen and oxygen atoms in total. The lowest BCUT2D eigenvalue weighted by molar-refractivity contribution is -0.133. The third-order valence-electron chi connectivity index (χ3n) is 4.78. The van der Waals surface area contributed by atoms with E-state index in [1.807, 2.05) is 31.4 Å². The van der Waals surface area contributed by atoms with Gasteiger partial charge < -0.3 is 15.0 Å². The molecule has 160 valence electrons. The van der Waals surface area contributed by atoms with Gasteiger partial charge in [-0.05, 0) is 60.7 Å². The number of ether oxygens (including phenoxy) is 1. The average Bonchev–Trinajstić information content (AvgIpc) is 3.29. The molecule has 3 rings (SSSR count). The maximum absolute atomic E-state index is 12.4. The number of likely N-dealkylation sites (N-methyl/N-ethyl adjacent to an activating group) is 1. The lowest BCUT2D eigenvalue weighted by Crippen LogP contribution is -2.31. The molecular formula is C24H24N2O4S. The van der Waals surface area contributed by atoms with Crippen LogP contribution in [0.1, 0.15) is 36.7 Å². The maximum Gasteiger partial charge on any atom is 0.338 e. The quantitative estimate of drug-likeness (QED) is 0.556. The van der Waals surface area contributed by atoms with Crippen LogP contribution in [-0.4, -0.2) is 36.3 Å². The Morgan fingerprint density at radius 1 is 1.03 bits per heavy atom. The zero-order chi connectivity index (χ0) is 22.4. The molecular weight excluding hydrogens is 412 g/mol. The predicted molar refractivity (Wildman–Crippen MR) is 121 cm³/mol. The molecule has 2 amide bonds. The number of amides is 2. The number of carbonyl (C=O) groups excluding carboxylic acids is 3. The van der Waals surface area contributed by atoms with Crippen molar-refractivity contribution in [2.75, 3.05) is 19.0 Å². The van der Waals surface area contributed by atoms with E-state index in [-0.39, 0.29) is 18.4 Å². The molecule has 1 aromatic heterocycles. The number of hydrogen-bond donors (Lipinski definition) is 1. The van der Waals surface area contributed by atoms with Gasteiger partial charge in [0.25, 0.3) is 11.8 Å². The standard InChI is InChI=1S/C24H24N2O4S/c1-16-6-7-19(17(2)13-16)14-26(3)22(27)15-30-24(29)18-8-10-20(11-9-18)25-23(28)21-5-4-12-31-21/h4-13H,14-15H2,1-3H3,(H,25,28). The van der Waals surface area contributed by atoms with Gasteiger partial charge in [-0.25, -0.2) is 4.79 Å². The van der Waals surface area contributed by atoms with Gasteiger partial charge in [0.1, 0.15) is 0 Å². The second-order valence-corrected chi connectivity index (χ2v) is 8.21. The van der Waals surface area contributed by atoms with Gasteiger partial charge in [0.15, 0.2) is 6.61 Å². The minimum absolute atomic E-state index is 0.206. The summed E-state index contributed by atoms with van der Waals surface area (Å²) in [6, 6.07) is 16.0. The molecule has 0 aliphatic heterocycles. The molecule has 31 heavy (non-hydrogen) atoms. The van der Waals surface area contributed by atoms with Gasteiger partial charge in [-0.2, -0.15) is 0 Å². The SMILES string of the molecule is Cc1ccc(CN(C)C(=O)COC(=O)c2ccc(NC(=O)c3cccs3)cc2)c(C)c1. The number of esters is 1. The van der Waals surface area contributed by atoms with E-state index in [1.165, 1.54) is 21.8 Å². The number of rotatable bonds is 7. The monoisotopic (exact) mass is 436 g/mol. The molecule has 0 bridgehead atoms. The topological polar surface area (TPSA) is 75.7 Å². The molecule has 1 heterocycles. The molecule has 0 saturated carbocycles. The number of nitrogens with zero attached hydrogens (tertiary/aromatic N) is 1. The minimum Gasteiger partial charge on any atom is -0.452 e. The van der Waals surface area contributed by atoms with Gasteiger partial charge in [0.2, 0.25) is 0 Å². The predicted octanol–water partition coefficient (Wildman–Crippen LogP) is 4.43. The smallest absolute Gasteiger partial charge is 0.338 e. The van der Waals surface area contributed by atoms with Crippen molar-refractivity contribution in [3.05, 3.63) is 87.1 Å². The lowest BCUT2D eigenvalue weighted by Gasteiger charge is -2.18. The summed E-state index contributed by atoms with van der Waals surface area (Å²) in [5.41, 5.74) is 4.20. The van der Waals surface area contributed by atoms with Gasteiger partial charge >= 0.3 is 5.97 Å². The van der Waals surface area contributed by atoms with Gasteiger partial charge in [0.05, 0.1) is 10.4 Å². The van der Waals surface area contributed by atoms with Crippen LogP contribution < -0.4 is 5.32 Å². The molecule has 0 aliphatic carbocycles. The van der Waals surface area contributed by atoms with Crippen LogP contribution in [0.3, 0.4) is 0 Å². The van der Waals surface area contributed by atoms with E-state index in [2.05, 4.69) is 11.4 Å². The highest BCUT2D eigenvalue weighted by molar-refractivity contribution is 7.12. The van der Waals surface area contributed by atoms with Crippen molar-refractivity contribution < 1.29 is 19.1 Å². The highest BCUT2D eigenvalue weighted by Gasteiger charge is 2.15. The van der Waals surface area contributed by atoms with E-state index in [0.717, 1.165) is 11.1 Å². The van der Waals surface area contributed by atoms with E-state index in [0.29, 0.717) is 22.7 Å². The number of anilines is 1. The van der Waals surface area contributed by atoms with Crippen molar-refractivity contribution in [3.63, 3.8) is 0 Å². The van der Waals surface area contributed by atoms with Crippen LogP contribution in [0.25, 0.3) is 0 Å². The normalized spacial score (nSPS) is 10.4. The van der Waals surface area contributed by atoms with Gasteiger partial charge in [-0.3, -0.25) is 9.59 Å². The van der Waals surface area contributed by atoms with Crippen molar-refractivity contribution in [2.24, 2.45) is 0 Å². The summed E-state index contributed by atoms with van der Waals surface area (Å²) in [5, 5.41) is 4.59. The Morgan fingerprint density at radius 3 is 2.42 bits per heavy atom. The fourth-order valence-corrected chi connectivity index (χ4v) is 3.60. The molecule has 7 heteroatoms. The average molecular weight is 437 g/mol. The molecule has 3 aromatic rings. The number of nitrogens with one attached hydrogen (secondary N) is 1. The maximum atomic E-state index is 12.4. The minimum atomic E-state index is -0.593. The summed E-state index contributed by atoms with van der Waals surface area (Å²) < 4.78 is 5.16. The van der Waals surface area contributed by atoms with Gasteiger partial charge in [0, 0.05) is 19.3 Å². The summed E-state index contributed by atoms with van der Waals surface area (Å²) >= 11 is 1.35. The van der Waals surface area contributed by atoms with Crippen LogP contribution in [0.2, 0.25) is 0 Å². The number of hydrogen-bond acceptors (Lipinski definition) is 5. The zero-order valence-electron chi connectivity index (χ0n) is 17.7. The Morgan fingerprint density at radius 2 is 1.77 bits per heavy atom. The van der Waals surface area contributed by atoms with Crippen LogP contribution in [0.5, 0.6) is 0 Å². The first-order valence-corrected chi connectivity index (χ1v) is 10.6. The number of thiophene rings is 1. The van der Waals surface area contributed by atoms with E-state index < -0.39 is 5.97 Å². The van der Waals surface area contributed by atoms with Crippen molar-refractivity contribution >= 4 is 34.8 Å². The second-order valence-electron chi connectivity index (χ2n) is 7.26. The summed E-state index contributed by atoms with van der Waals surface area (Å²) in [5.74, 6) is -1.08. The first-order chi connectivity index (χ1) is 14.8. The van der Waals surface area contributed by atoms with E-state index in [4.69, 9.17) is 4.74 Å². The second kappa shape index (κ2) is 10.0. The van der Waals surface area contributed by atoms with E-state index >= 15 is 0 Å². The molecule has 0 fully saturated rings. The molecule has 0 atom stereocenters. The van der Waals surface area contributed by atoms with Crippen LogP contribution in [0.15, 0.2) is 60.0 Å². The number of aryl methyl sites for hydroxylation is 2.